The van der Waals surface area contributed by atoms with Gasteiger partial charge in [-0.25, -0.2) is 4.79 Å². The summed E-state index contributed by atoms with van der Waals surface area (Å²) in [6.07, 6.45) is 4.30. The summed E-state index contributed by atoms with van der Waals surface area (Å²) < 4.78 is 0. The molecule has 1 aromatic heterocycles. The smallest absolute Gasteiger partial charge is 0.317 e. The lowest BCUT2D eigenvalue weighted by molar-refractivity contribution is 0.192. The van der Waals surface area contributed by atoms with Gasteiger partial charge in [0.25, 0.3) is 0 Å². The van der Waals surface area contributed by atoms with Crippen molar-refractivity contribution in [1.29, 1.82) is 0 Å². The third-order valence-electron chi connectivity index (χ3n) is 2.43. The average Bonchev–Trinajstić information content (AvgIpc) is 2.34. The van der Waals surface area contributed by atoms with Gasteiger partial charge in [0.2, 0.25) is 0 Å². The highest BCUT2D eigenvalue weighted by Crippen LogP contribution is 2.04. The van der Waals surface area contributed by atoms with Gasteiger partial charge in [-0.3, -0.25) is 4.98 Å². The highest BCUT2D eigenvalue weighted by Gasteiger charge is 2.14. The van der Waals surface area contributed by atoms with Gasteiger partial charge in [0.1, 0.15) is 0 Å². The number of nitrogens with zero attached hydrogens (tertiary/aromatic N) is 2. The molecule has 0 atom stereocenters. The molecule has 0 fully saturated rings. The van der Waals surface area contributed by atoms with Crippen molar-refractivity contribution in [1.82, 2.24) is 15.2 Å². The van der Waals surface area contributed by atoms with E-state index in [1.165, 1.54) is 0 Å². The number of nitrogens with two attached hydrogens (primary N) is 1. The molecule has 3 N–H and O–H groups in total. The van der Waals surface area contributed by atoms with Gasteiger partial charge in [-0.1, -0.05) is 6.07 Å². The highest BCUT2D eigenvalue weighted by atomic mass is 16.2. The maximum Gasteiger partial charge on any atom is 0.317 e. The van der Waals surface area contributed by atoms with Gasteiger partial charge >= 0.3 is 6.03 Å². The van der Waals surface area contributed by atoms with Crippen molar-refractivity contribution in [3.8, 4) is 0 Å². The third-order valence-corrected chi connectivity index (χ3v) is 2.43. The first-order chi connectivity index (χ1) is 8.63. The second kappa shape index (κ2) is 7.66. The van der Waals surface area contributed by atoms with Crippen LogP contribution in [0.15, 0.2) is 24.5 Å². The molecule has 0 aliphatic rings. The van der Waals surface area contributed by atoms with Crippen molar-refractivity contribution < 1.29 is 4.79 Å². The van der Waals surface area contributed by atoms with E-state index in [0.29, 0.717) is 19.6 Å². The summed E-state index contributed by atoms with van der Waals surface area (Å²) in [5, 5.41) is 2.90. The minimum absolute atomic E-state index is 0.0534. The summed E-state index contributed by atoms with van der Waals surface area (Å²) in [7, 11) is 0. The minimum Gasteiger partial charge on any atom is -0.336 e. The second-order valence-electron chi connectivity index (χ2n) is 4.53. The van der Waals surface area contributed by atoms with Crippen LogP contribution in [0.5, 0.6) is 0 Å². The number of pyridine rings is 1. The van der Waals surface area contributed by atoms with Crippen molar-refractivity contribution in [2.24, 2.45) is 5.73 Å². The van der Waals surface area contributed by atoms with Crippen LogP contribution >= 0.6 is 0 Å². The van der Waals surface area contributed by atoms with E-state index in [1.807, 2.05) is 26.0 Å². The van der Waals surface area contributed by atoms with Crippen molar-refractivity contribution in [2.75, 3.05) is 13.1 Å². The molecule has 18 heavy (non-hydrogen) atoms. The van der Waals surface area contributed by atoms with Crippen LogP contribution in [-0.2, 0) is 6.54 Å². The highest BCUT2D eigenvalue weighted by molar-refractivity contribution is 5.74. The molecule has 100 valence electrons. The molecule has 0 saturated heterocycles. The Morgan fingerprint density at radius 3 is 2.89 bits per heavy atom. The lowest BCUT2D eigenvalue weighted by atomic mass is 10.2. The lowest BCUT2D eigenvalue weighted by Crippen LogP contribution is -2.43. The number of hydrogen-bond acceptors (Lipinski definition) is 3. The zero-order valence-corrected chi connectivity index (χ0v) is 11.1. The van der Waals surface area contributed by atoms with E-state index in [-0.39, 0.29) is 12.1 Å². The average molecular weight is 250 g/mol. The van der Waals surface area contributed by atoms with Gasteiger partial charge in [0.05, 0.1) is 0 Å². The number of hydrogen-bond donors (Lipinski definition) is 2. The quantitative estimate of drug-likeness (QED) is 0.800. The Hall–Kier alpha value is -1.62. The number of aromatic nitrogens is 1. The topological polar surface area (TPSA) is 71.2 Å². The Kier molecular flexibility index (Phi) is 6.14. The molecule has 0 saturated carbocycles. The van der Waals surface area contributed by atoms with E-state index in [4.69, 9.17) is 5.73 Å². The van der Waals surface area contributed by atoms with E-state index in [9.17, 15) is 4.79 Å². The van der Waals surface area contributed by atoms with Crippen LogP contribution in [0.2, 0.25) is 0 Å². The van der Waals surface area contributed by atoms with Crippen molar-refractivity contribution >= 4 is 6.03 Å². The summed E-state index contributed by atoms with van der Waals surface area (Å²) in [6, 6.07) is 3.91. The normalized spacial score (nSPS) is 10.4. The van der Waals surface area contributed by atoms with E-state index < -0.39 is 0 Å². The number of carbonyl (C=O) groups is 1. The fourth-order valence-electron chi connectivity index (χ4n) is 1.58. The molecule has 0 aromatic carbocycles. The Morgan fingerprint density at radius 2 is 2.33 bits per heavy atom. The van der Waals surface area contributed by atoms with Crippen LogP contribution in [0, 0.1) is 0 Å². The van der Waals surface area contributed by atoms with Crippen molar-refractivity contribution in [2.45, 2.75) is 32.9 Å². The molecule has 0 bridgehead atoms. The number of urea groups is 1. The summed E-state index contributed by atoms with van der Waals surface area (Å²) in [4.78, 5) is 17.8. The maximum atomic E-state index is 12.0. The first-order valence-electron chi connectivity index (χ1n) is 6.28. The van der Waals surface area contributed by atoms with E-state index in [1.54, 1.807) is 17.3 Å². The molecule has 0 unspecified atom stereocenters. The van der Waals surface area contributed by atoms with Gasteiger partial charge in [-0.05, 0) is 38.4 Å². The minimum atomic E-state index is -0.0534. The van der Waals surface area contributed by atoms with Crippen LogP contribution in [0.1, 0.15) is 25.8 Å². The largest absolute Gasteiger partial charge is 0.336 e. The van der Waals surface area contributed by atoms with E-state index in [2.05, 4.69) is 10.3 Å². The van der Waals surface area contributed by atoms with E-state index in [0.717, 1.165) is 12.0 Å². The molecule has 0 spiro atoms. The predicted molar refractivity (Wildman–Crippen MR) is 72.0 cm³/mol. The first kappa shape index (κ1) is 14.4. The van der Waals surface area contributed by atoms with E-state index >= 15 is 0 Å². The third kappa shape index (κ3) is 5.14. The fourth-order valence-corrected chi connectivity index (χ4v) is 1.58. The van der Waals surface area contributed by atoms with Crippen molar-refractivity contribution in [3.63, 3.8) is 0 Å². The number of nitrogens with one attached hydrogen (secondary N) is 1. The number of amides is 2. The molecule has 0 aliphatic carbocycles. The number of carbonyl (C=O) groups excluding carboxylic acids is 1. The Morgan fingerprint density at radius 1 is 1.56 bits per heavy atom. The van der Waals surface area contributed by atoms with Crippen LogP contribution in [0.25, 0.3) is 0 Å². The van der Waals surface area contributed by atoms with Crippen LogP contribution in [0.4, 0.5) is 4.79 Å². The zero-order valence-electron chi connectivity index (χ0n) is 11.1. The fraction of sp³-hybridized carbons (Fsp3) is 0.538. The molecule has 5 nitrogen and oxygen atoms in total. The molecule has 1 heterocycles. The van der Waals surface area contributed by atoms with Crippen LogP contribution in [0.3, 0.4) is 0 Å². The molecule has 0 aliphatic heterocycles. The molecule has 1 aromatic rings. The molecular formula is C13H22N4O. The van der Waals surface area contributed by atoms with Crippen LogP contribution < -0.4 is 11.1 Å². The first-order valence-corrected chi connectivity index (χ1v) is 6.28. The molecular weight excluding hydrogens is 228 g/mol. The summed E-state index contributed by atoms with van der Waals surface area (Å²) in [6.45, 7) is 5.70. The summed E-state index contributed by atoms with van der Waals surface area (Å²) >= 11 is 0. The van der Waals surface area contributed by atoms with Gasteiger partial charge < -0.3 is 16.0 Å². The standard InChI is InChI=1S/C13H22N4O/c1-11(2)16-13(18)17(8-4-6-14)10-12-5-3-7-15-9-12/h3,5,7,9,11H,4,6,8,10,14H2,1-2H3,(H,16,18). The molecule has 5 heteroatoms. The zero-order chi connectivity index (χ0) is 13.4. The summed E-state index contributed by atoms with van der Waals surface area (Å²) in [5.41, 5.74) is 6.52. The lowest BCUT2D eigenvalue weighted by Gasteiger charge is -2.24. The number of rotatable bonds is 6. The van der Waals surface area contributed by atoms with Gasteiger partial charge in [0.15, 0.2) is 0 Å². The molecule has 1 rings (SSSR count). The predicted octanol–water partition coefficient (Wildman–Crippen LogP) is 1.35. The van der Waals surface area contributed by atoms with Gasteiger partial charge in [0, 0.05) is 31.5 Å². The molecule has 2 amide bonds. The summed E-state index contributed by atoms with van der Waals surface area (Å²) in [5.74, 6) is 0. The monoisotopic (exact) mass is 250 g/mol. The Balaban J connectivity index is 2.63. The molecule has 0 radical (unpaired) electrons. The second-order valence-corrected chi connectivity index (χ2v) is 4.53. The van der Waals surface area contributed by atoms with Crippen molar-refractivity contribution in [3.05, 3.63) is 30.1 Å². The Bertz CT molecular complexity index is 353. The SMILES string of the molecule is CC(C)NC(=O)N(CCCN)Cc1cccnc1. The van der Waals surface area contributed by atoms with Gasteiger partial charge in [-0.2, -0.15) is 0 Å². The van der Waals surface area contributed by atoms with Gasteiger partial charge in [-0.15, -0.1) is 0 Å². The Labute approximate surface area is 108 Å². The van der Waals surface area contributed by atoms with Crippen LogP contribution in [-0.4, -0.2) is 35.0 Å². The maximum absolute atomic E-state index is 12.0.